The van der Waals surface area contributed by atoms with Gasteiger partial charge in [-0.2, -0.15) is 0 Å². The van der Waals surface area contributed by atoms with Crippen LogP contribution in [-0.2, 0) is 7.05 Å². The second kappa shape index (κ2) is 8.75. The Kier molecular flexibility index (Phi) is 5.71. The van der Waals surface area contributed by atoms with Crippen LogP contribution in [0.1, 0.15) is 43.7 Å². The number of benzene rings is 3. The van der Waals surface area contributed by atoms with E-state index < -0.39 is 17.8 Å². The summed E-state index contributed by atoms with van der Waals surface area (Å²) in [6.07, 6.45) is 3.33. The lowest BCUT2D eigenvalue weighted by Gasteiger charge is -2.20. The van der Waals surface area contributed by atoms with Crippen molar-refractivity contribution in [3.05, 3.63) is 125 Å². The van der Waals surface area contributed by atoms with Crippen LogP contribution in [-0.4, -0.2) is 21.2 Å². The zero-order chi connectivity index (χ0) is 21.8. The number of hydrogen-bond donors (Lipinski definition) is 1. The van der Waals surface area contributed by atoms with Gasteiger partial charge in [-0.25, -0.2) is 9.37 Å². The molecule has 4 aromatic rings. The number of rotatable bonds is 6. The molecule has 1 atom stereocenters. The van der Waals surface area contributed by atoms with Crippen molar-refractivity contribution in [2.24, 2.45) is 7.05 Å². The molecule has 1 amide bonds. The Morgan fingerprint density at radius 3 is 2.13 bits per heavy atom. The summed E-state index contributed by atoms with van der Waals surface area (Å²) in [6.45, 7) is 0. The molecule has 0 aliphatic carbocycles. The Morgan fingerprint density at radius 2 is 1.48 bits per heavy atom. The van der Waals surface area contributed by atoms with Gasteiger partial charge in [0.15, 0.2) is 5.78 Å². The van der Waals surface area contributed by atoms with Crippen molar-refractivity contribution in [3.63, 3.8) is 0 Å². The molecule has 0 spiro atoms. The van der Waals surface area contributed by atoms with Gasteiger partial charge in [0.2, 0.25) is 0 Å². The molecule has 0 bridgehead atoms. The first-order valence-electron chi connectivity index (χ1n) is 9.77. The molecular formula is C25H20FN3O2. The lowest BCUT2D eigenvalue weighted by atomic mass is 10.0. The average molecular weight is 413 g/mol. The van der Waals surface area contributed by atoms with Crippen molar-refractivity contribution in [3.8, 4) is 0 Å². The van der Waals surface area contributed by atoms with E-state index in [-0.39, 0.29) is 5.78 Å². The first kappa shape index (κ1) is 20.2. The molecular weight excluding hydrogens is 393 g/mol. The molecule has 0 unspecified atom stereocenters. The number of halogens is 1. The third kappa shape index (κ3) is 4.28. The molecule has 0 fully saturated rings. The number of amides is 1. The fraction of sp³-hybridized carbons (Fsp3) is 0.0800. The molecule has 0 saturated heterocycles. The van der Waals surface area contributed by atoms with Crippen LogP contribution >= 0.6 is 0 Å². The number of nitrogens with zero attached hydrogens (tertiary/aromatic N) is 2. The minimum Gasteiger partial charge on any atom is -0.338 e. The fourth-order valence-electron chi connectivity index (χ4n) is 3.39. The number of ketones is 1. The molecule has 0 radical (unpaired) electrons. The van der Waals surface area contributed by atoms with Crippen molar-refractivity contribution in [2.45, 2.75) is 6.04 Å². The minimum atomic E-state index is -0.765. The minimum absolute atomic E-state index is 0.121. The summed E-state index contributed by atoms with van der Waals surface area (Å²) in [5, 5.41) is 2.87. The summed E-state index contributed by atoms with van der Waals surface area (Å²) in [6, 6.07) is 20.9. The monoisotopic (exact) mass is 413 g/mol. The molecule has 1 N–H and O–H groups in total. The zero-order valence-electron chi connectivity index (χ0n) is 16.8. The van der Waals surface area contributed by atoms with Crippen molar-refractivity contribution in [2.75, 3.05) is 0 Å². The molecule has 0 aliphatic rings. The number of imidazole rings is 1. The summed E-state index contributed by atoms with van der Waals surface area (Å²) in [5.41, 5.74) is 1.74. The van der Waals surface area contributed by atoms with E-state index in [2.05, 4.69) is 10.3 Å². The van der Waals surface area contributed by atoms with Crippen molar-refractivity contribution >= 4 is 11.7 Å². The summed E-state index contributed by atoms with van der Waals surface area (Å²) < 4.78 is 16.2. The van der Waals surface area contributed by atoms with Gasteiger partial charge in [0.1, 0.15) is 17.7 Å². The Labute approximate surface area is 179 Å². The molecule has 1 heterocycles. The number of nitrogens with one attached hydrogen (secondary N) is 1. The Balaban J connectivity index is 1.59. The largest absolute Gasteiger partial charge is 0.338 e. The highest BCUT2D eigenvalue weighted by molar-refractivity contribution is 6.09. The maximum Gasteiger partial charge on any atom is 0.252 e. The van der Waals surface area contributed by atoms with Gasteiger partial charge in [0.25, 0.3) is 5.91 Å². The van der Waals surface area contributed by atoms with E-state index in [0.717, 1.165) is 0 Å². The Hall–Kier alpha value is -4.06. The lowest BCUT2D eigenvalue weighted by molar-refractivity contribution is 0.0939. The second-order valence-corrected chi connectivity index (χ2v) is 7.10. The quantitative estimate of drug-likeness (QED) is 0.479. The molecule has 3 aromatic carbocycles. The molecule has 0 aliphatic heterocycles. The van der Waals surface area contributed by atoms with Crippen LogP contribution in [0.4, 0.5) is 4.39 Å². The molecule has 31 heavy (non-hydrogen) atoms. The average Bonchev–Trinajstić information content (AvgIpc) is 3.23. The van der Waals surface area contributed by atoms with Crippen LogP contribution in [0, 0.1) is 5.82 Å². The normalized spacial score (nSPS) is 11.7. The van der Waals surface area contributed by atoms with E-state index in [1.54, 1.807) is 90.7 Å². The molecule has 6 heteroatoms. The molecule has 5 nitrogen and oxygen atoms in total. The SMILES string of the molecule is Cn1ccnc1[C@@H](NC(=O)c1ccc(C(=O)c2ccccc2)cc1)c1ccccc1F. The van der Waals surface area contributed by atoms with Crippen LogP contribution in [0.5, 0.6) is 0 Å². The predicted molar refractivity (Wildman–Crippen MR) is 115 cm³/mol. The summed E-state index contributed by atoms with van der Waals surface area (Å²) >= 11 is 0. The number of carbonyl (C=O) groups is 2. The number of aryl methyl sites for hydroxylation is 1. The fourth-order valence-corrected chi connectivity index (χ4v) is 3.39. The van der Waals surface area contributed by atoms with E-state index in [1.807, 2.05) is 6.07 Å². The van der Waals surface area contributed by atoms with Gasteiger partial charge in [-0.3, -0.25) is 9.59 Å². The van der Waals surface area contributed by atoms with Crippen LogP contribution < -0.4 is 5.32 Å². The molecule has 4 rings (SSSR count). The van der Waals surface area contributed by atoms with Crippen molar-refractivity contribution < 1.29 is 14.0 Å². The van der Waals surface area contributed by atoms with Gasteiger partial charge in [0, 0.05) is 41.7 Å². The van der Waals surface area contributed by atoms with Crippen LogP contribution in [0.3, 0.4) is 0 Å². The van der Waals surface area contributed by atoms with Crippen molar-refractivity contribution in [1.29, 1.82) is 0 Å². The van der Waals surface area contributed by atoms with Crippen LogP contribution in [0.25, 0.3) is 0 Å². The molecule has 0 saturated carbocycles. The van der Waals surface area contributed by atoms with Gasteiger partial charge in [-0.1, -0.05) is 60.7 Å². The first-order valence-corrected chi connectivity index (χ1v) is 9.77. The summed E-state index contributed by atoms with van der Waals surface area (Å²) in [4.78, 5) is 29.8. The van der Waals surface area contributed by atoms with Crippen molar-refractivity contribution in [1.82, 2.24) is 14.9 Å². The topological polar surface area (TPSA) is 64.0 Å². The Bertz CT molecular complexity index is 1220. The van der Waals surface area contributed by atoms with E-state index in [1.165, 1.54) is 6.07 Å². The predicted octanol–water partition coefficient (Wildman–Crippen LogP) is 4.31. The first-order chi connectivity index (χ1) is 15.0. The van der Waals surface area contributed by atoms with Gasteiger partial charge in [0.05, 0.1) is 0 Å². The highest BCUT2D eigenvalue weighted by Gasteiger charge is 2.24. The van der Waals surface area contributed by atoms with E-state index in [0.29, 0.717) is 28.1 Å². The smallest absolute Gasteiger partial charge is 0.252 e. The summed E-state index contributed by atoms with van der Waals surface area (Å²) in [5.74, 6) is -0.436. The standard InChI is InChI=1S/C25H20FN3O2/c1-29-16-15-27-24(29)22(20-9-5-6-10-21(20)26)28-25(31)19-13-11-18(12-14-19)23(30)17-7-3-2-4-8-17/h2-16,22H,1H3,(H,28,31)/t22-/m0/s1. The number of hydrogen-bond acceptors (Lipinski definition) is 3. The Morgan fingerprint density at radius 1 is 0.871 bits per heavy atom. The van der Waals surface area contributed by atoms with E-state index >= 15 is 0 Å². The third-order valence-electron chi connectivity index (χ3n) is 5.05. The number of aromatic nitrogens is 2. The van der Waals surface area contributed by atoms with Crippen LogP contribution in [0.2, 0.25) is 0 Å². The lowest BCUT2D eigenvalue weighted by Crippen LogP contribution is -2.31. The zero-order valence-corrected chi connectivity index (χ0v) is 16.8. The molecule has 1 aromatic heterocycles. The van der Waals surface area contributed by atoms with Crippen LogP contribution in [0.15, 0.2) is 91.3 Å². The number of carbonyl (C=O) groups excluding carboxylic acids is 2. The third-order valence-corrected chi connectivity index (χ3v) is 5.05. The van der Waals surface area contributed by atoms with Gasteiger partial charge in [-0.15, -0.1) is 0 Å². The summed E-state index contributed by atoms with van der Waals surface area (Å²) in [7, 11) is 1.78. The maximum absolute atomic E-state index is 14.5. The van der Waals surface area contributed by atoms with Gasteiger partial charge < -0.3 is 9.88 Å². The van der Waals surface area contributed by atoms with Gasteiger partial charge in [-0.05, 0) is 18.2 Å². The molecule has 154 valence electrons. The van der Waals surface area contributed by atoms with Gasteiger partial charge >= 0.3 is 0 Å². The van der Waals surface area contributed by atoms with E-state index in [4.69, 9.17) is 0 Å². The highest BCUT2D eigenvalue weighted by Crippen LogP contribution is 2.23. The maximum atomic E-state index is 14.5. The highest BCUT2D eigenvalue weighted by atomic mass is 19.1. The second-order valence-electron chi connectivity index (χ2n) is 7.10. The van der Waals surface area contributed by atoms with E-state index in [9.17, 15) is 14.0 Å².